The maximum absolute atomic E-state index is 13.1. The van der Waals surface area contributed by atoms with Crippen molar-refractivity contribution in [3.05, 3.63) is 52.6 Å². The largest absolute Gasteiger partial charge is 0.322 e. The van der Waals surface area contributed by atoms with E-state index in [2.05, 4.69) is 17.3 Å². The minimum absolute atomic E-state index is 0.354. The molecule has 0 aliphatic carbocycles. The Bertz CT molecular complexity index is 725. The molecular weight excluding hydrogens is 317 g/mol. The van der Waals surface area contributed by atoms with Gasteiger partial charge >= 0.3 is 0 Å². The highest BCUT2D eigenvalue weighted by Gasteiger charge is 2.11. The molecule has 0 aliphatic heterocycles. The minimum Gasteiger partial charge on any atom is -0.322 e. The van der Waals surface area contributed by atoms with Gasteiger partial charge in [-0.3, -0.25) is 9.48 Å². The van der Waals surface area contributed by atoms with Crippen molar-refractivity contribution in [1.29, 1.82) is 0 Å². The van der Waals surface area contributed by atoms with Crippen LogP contribution >= 0.6 is 11.6 Å². The highest BCUT2D eigenvalue weighted by atomic mass is 35.5. The molecule has 1 aromatic carbocycles. The number of carbonyl (C=O) groups is 1. The lowest BCUT2D eigenvalue weighted by Gasteiger charge is -2.02. The number of hydrogen-bond acceptors (Lipinski definition) is 2. The van der Waals surface area contributed by atoms with Crippen LogP contribution in [0, 0.1) is 12.7 Å². The number of rotatable bonds is 6. The van der Waals surface area contributed by atoms with Gasteiger partial charge < -0.3 is 5.32 Å². The van der Waals surface area contributed by atoms with Crippen LogP contribution in [-0.4, -0.2) is 15.7 Å². The minimum atomic E-state index is -0.400. The zero-order chi connectivity index (χ0) is 16.8. The summed E-state index contributed by atoms with van der Waals surface area (Å²) in [4.78, 5) is 11.9. The predicted molar refractivity (Wildman–Crippen MR) is 90.9 cm³/mol. The smallest absolute Gasteiger partial charge is 0.248 e. The molecule has 6 heteroatoms. The summed E-state index contributed by atoms with van der Waals surface area (Å²) in [5, 5.41) is 7.49. The monoisotopic (exact) mass is 335 g/mol. The number of aromatic nitrogens is 2. The molecule has 1 heterocycles. The molecule has 2 rings (SSSR count). The SMILES string of the molecule is CCCCn1nc(C)c(/C=C/C(=O)Nc2cccc(F)c2)c1Cl. The second kappa shape index (κ2) is 7.92. The predicted octanol–water partition coefficient (Wildman–Crippen LogP) is 4.44. The molecule has 2 aromatic rings. The van der Waals surface area contributed by atoms with E-state index in [-0.39, 0.29) is 5.91 Å². The maximum Gasteiger partial charge on any atom is 0.248 e. The van der Waals surface area contributed by atoms with Crippen molar-refractivity contribution < 1.29 is 9.18 Å². The number of nitrogens with one attached hydrogen (secondary N) is 1. The first kappa shape index (κ1) is 17.2. The zero-order valence-electron chi connectivity index (χ0n) is 13.1. The third-order valence-corrected chi connectivity index (χ3v) is 3.73. The molecule has 0 bridgehead atoms. The summed E-state index contributed by atoms with van der Waals surface area (Å²) in [5.41, 5.74) is 1.89. The van der Waals surface area contributed by atoms with Gasteiger partial charge in [-0.15, -0.1) is 0 Å². The molecule has 1 aromatic heterocycles. The van der Waals surface area contributed by atoms with Crippen LogP contribution in [0.3, 0.4) is 0 Å². The van der Waals surface area contributed by atoms with E-state index >= 15 is 0 Å². The first-order valence-electron chi connectivity index (χ1n) is 7.48. The number of carbonyl (C=O) groups excluding carboxylic acids is 1. The Labute approximate surface area is 140 Å². The van der Waals surface area contributed by atoms with Crippen molar-refractivity contribution >= 4 is 29.3 Å². The molecular formula is C17H19ClFN3O. The lowest BCUT2D eigenvalue weighted by molar-refractivity contribution is -0.111. The second-order valence-electron chi connectivity index (χ2n) is 5.20. The van der Waals surface area contributed by atoms with Crippen LogP contribution in [0.5, 0.6) is 0 Å². The Hall–Kier alpha value is -2.14. The van der Waals surface area contributed by atoms with Crippen LogP contribution in [0.25, 0.3) is 6.08 Å². The van der Waals surface area contributed by atoms with E-state index in [0.717, 1.165) is 30.6 Å². The van der Waals surface area contributed by atoms with E-state index in [1.54, 1.807) is 16.8 Å². The average molecular weight is 336 g/mol. The standard InChI is InChI=1S/C17H19ClFN3O/c1-3-4-10-22-17(18)15(12(2)21-22)8-9-16(23)20-14-7-5-6-13(19)11-14/h5-9,11H,3-4,10H2,1-2H3,(H,20,23)/b9-8+. The Balaban J connectivity index is 2.07. The Morgan fingerprint density at radius 2 is 2.26 bits per heavy atom. The summed E-state index contributed by atoms with van der Waals surface area (Å²) in [6, 6.07) is 5.73. The van der Waals surface area contributed by atoms with Crippen molar-refractivity contribution in [3.8, 4) is 0 Å². The molecule has 1 amide bonds. The molecule has 0 saturated heterocycles. The van der Waals surface area contributed by atoms with Gasteiger partial charge in [0, 0.05) is 23.9 Å². The van der Waals surface area contributed by atoms with E-state index in [0.29, 0.717) is 10.8 Å². The van der Waals surface area contributed by atoms with Gasteiger partial charge in [0.2, 0.25) is 5.91 Å². The number of benzene rings is 1. The van der Waals surface area contributed by atoms with Crippen LogP contribution < -0.4 is 5.32 Å². The quantitative estimate of drug-likeness (QED) is 0.793. The molecule has 4 nitrogen and oxygen atoms in total. The molecule has 0 radical (unpaired) electrons. The fraction of sp³-hybridized carbons (Fsp3) is 0.294. The number of halogens is 2. The van der Waals surface area contributed by atoms with Gasteiger partial charge in [0.1, 0.15) is 11.0 Å². The molecule has 0 atom stereocenters. The van der Waals surface area contributed by atoms with E-state index in [4.69, 9.17) is 11.6 Å². The molecule has 1 N–H and O–H groups in total. The first-order chi connectivity index (χ1) is 11.0. The summed E-state index contributed by atoms with van der Waals surface area (Å²) in [5.74, 6) is -0.754. The average Bonchev–Trinajstić information content (AvgIpc) is 2.77. The summed E-state index contributed by atoms with van der Waals surface area (Å²) >= 11 is 6.30. The number of nitrogens with zero attached hydrogens (tertiary/aromatic N) is 2. The van der Waals surface area contributed by atoms with Crippen molar-refractivity contribution in [1.82, 2.24) is 9.78 Å². The van der Waals surface area contributed by atoms with Gasteiger partial charge in [-0.05, 0) is 37.6 Å². The number of aryl methyl sites for hydroxylation is 2. The number of hydrogen-bond donors (Lipinski definition) is 1. The topological polar surface area (TPSA) is 46.9 Å². The lowest BCUT2D eigenvalue weighted by Crippen LogP contribution is -2.07. The van der Waals surface area contributed by atoms with Crippen molar-refractivity contribution in [3.63, 3.8) is 0 Å². The third-order valence-electron chi connectivity index (χ3n) is 3.33. The molecule has 23 heavy (non-hydrogen) atoms. The van der Waals surface area contributed by atoms with Crippen LogP contribution in [0.4, 0.5) is 10.1 Å². The second-order valence-corrected chi connectivity index (χ2v) is 5.56. The molecule has 0 saturated carbocycles. The highest BCUT2D eigenvalue weighted by molar-refractivity contribution is 6.31. The van der Waals surface area contributed by atoms with E-state index in [9.17, 15) is 9.18 Å². The number of anilines is 1. The highest BCUT2D eigenvalue weighted by Crippen LogP contribution is 2.22. The van der Waals surface area contributed by atoms with Crippen molar-refractivity contribution in [2.75, 3.05) is 5.32 Å². The Morgan fingerprint density at radius 3 is 2.96 bits per heavy atom. The fourth-order valence-corrected chi connectivity index (χ4v) is 2.44. The van der Waals surface area contributed by atoms with Crippen LogP contribution in [-0.2, 0) is 11.3 Å². The summed E-state index contributed by atoms with van der Waals surface area (Å²) < 4.78 is 14.8. The number of unbranched alkanes of at least 4 members (excludes halogenated alkanes) is 1. The van der Waals surface area contributed by atoms with E-state index in [1.807, 2.05) is 6.92 Å². The molecule has 0 unspecified atom stereocenters. The maximum atomic E-state index is 13.1. The fourth-order valence-electron chi connectivity index (χ4n) is 2.12. The number of amides is 1. The van der Waals surface area contributed by atoms with E-state index < -0.39 is 5.82 Å². The molecule has 122 valence electrons. The summed E-state index contributed by atoms with van der Waals surface area (Å²) in [7, 11) is 0. The summed E-state index contributed by atoms with van der Waals surface area (Å²) in [6.07, 6.45) is 5.03. The Kier molecular flexibility index (Phi) is 5.93. The van der Waals surface area contributed by atoms with Crippen molar-refractivity contribution in [2.45, 2.75) is 33.2 Å². The lowest BCUT2D eigenvalue weighted by atomic mass is 10.2. The van der Waals surface area contributed by atoms with Gasteiger partial charge in [0.25, 0.3) is 0 Å². The normalized spacial score (nSPS) is 11.1. The molecule has 0 aliphatic rings. The van der Waals surface area contributed by atoms with Gasteiger partial charge in [-0.2, -0.15) is 5.10 Å². The van der Waals surface area contributed by atoms with E-state index in [1.165, 1.54) is 24.3 Å². The molecule has 0 spiro atoms. The van der Waals surface area contributed by atoms with Crippen molar-refractivity contribution in [2.24, 2.45) is 0 Å². The zero-order valence-corrected chi connectivity index (χ0v) is 13.9. The summed E-state index contributed by atoms with van der Waals surface area (Å²) in [6.45, 7) is 4.69. The van der Waals surface area contributed by atoms with Gasteiger partial charge in [-0.25, -0.2) is 4.39 Å². The van der Waals surface area contributed by atoms with Gasteiger partial charge in [-0.1, -0.05) is 31.0 Å². The first-order valence-corrected chi connectivity index (χ1v) is 7.86. The third kappa shape index (κ3) is 4.66. The van der Waals surface area contributed by atoms with Crippen LogP contribution in [0.1, 0.15) is 31.0 Å². The molecule has 0 fully saturated rings. The van der Waals surface area contributed by atoms with Crippen LogP contribution in [0.2, 0.25) is 5.15 Å². The van der Waals surface area contributed by atoms with Gasteiger partial charge in [0.05, 0.1) is 5.69 Å². The van der Waals surface area contributed by atoms with Gasteiger partial charge in [0.15, 0.2) is 0 Å². The van der Waals surface area contributed by atoms with Crippen LogP contribution in [0.15, 0.2) is 30.3 Å². The Morgan fingerprint density at radius 1 is 1.48 bits per heavy atom.